The second kappa shape index (κ2) is 6.04. The van der Waals surface area contributed by atoms with Gasteiger partial charge in [0.25, 0.3) is 0 Å². The summed E-state index contributed by atoms with van der Waals surface area (Å²) in [5, 5.41) is 7.71. The number of aliphatic imine (C=N–C) groups is 1. The number of nitrogens with one attached hydrogen (secondary N) is 1. The number of rotatable bonds is 2. The van der Waals surface area contributed by atoms with Crippen molar-refractivity contribution in [3.8, 4) is 0 Å². The molecule has 3 atom stereocenters. The summed E-state index contributed by atoms with van der Waals surface area (Å²) in [4.78, 5) is 4.95. The van der Waals surface area contributed by atoms with Crippen molar-refractivity contribution in [3.05, 3.63) is 33.8 Å². The number of nitrogens with zero attached hydrogens (tertiary/aromatic N) is 1. The monoisotopic (exact) mass is 375 g/mol. The maximum absolute atomic E-state index is 7.71. The summed E-state index contributed by atoms with van der Waals surface area (Å²) in [6.07, 6.45) is 4.83. The predicted molar refractivity (Wildman–Crippen MR) is 100 cm³/mol. The van der Waals surface area contributed by atoms with E-state index in [1.807, 2.05) is 6.92 Å². The number of halogens is 1. The fourth-order valence-electron chi connectivity index (χ4n) is 4.95. The van der Waals surface area contributed by atoms with Crippen LogP contribution in [0.15, 0.2) is 27.7 Å². The van der Waals surface area contributed by atoms with Gasteiger partial charge in [0.05, 0.1) is 11.8 Å². The Morgan fingerprint density at radius 3 is 2.57 bits per heavy atom. The minimum Gasteiger partial charge on any atom is -0.383 e. The van der Waals surface area contributed by atoms with Gasteiger partial charge in [-0.15, -0.1) is 0 Å². The molecule has 0 aliphatic heterocycles. The minimum atomic E-state index is 0.0838. The zero-order valence-electron chi connectivity index (χ0n) is 14.2. The van der Waals surface area contributed by atoms with Crippen LogP contribution in [0.25, 0.3) is 0 Å². The maximum Gasteiger partial charge on any atom is 0.136 e. The molecule has 124 valence electrons. The summed E-state index contributed by atoms with van der Waals surface area (Å²) >= 11 is 3.61. The van der Waals surface area contributed by atoms with Gasteiger partial charge < -0.3 is 5.73 Å². The van der Waals surface area contributed by atoms with E-state index in [0.29, 0.717) is 5.71 Å². The largest absolute Gasteiger partial charge is 0.383 e. The van der Waals surface area contributed by atoms with Crippen LogP contribution >= 0.6 is 15.9 Å². The molecule has 3 N–H and O–H groups in total. The third-order valence-electron chi connectivity index (χ3n) is 5.55. The molecule has 3 nitrogen and oxygen atoms in total. The van der Waals surface area contributed by atoms with E-state index in [1.165, 1.54) is 30.4 Å². The van der Waals surface area contributed by atoms with Gasteiger partial charge >= 0.3 is 0 Å². The van der Waals surface area contributed by atoms with Gasteiger partial charge in [0.1, 0.15) is 5.84 Å². The van der Waals surface area contributed by atoms with Gasteiger partial charge in [-0.1, -0.05) is 35.8 Å². The molecule has 0 amide bonds. The molecule has 3 unspecified atom stereocenters. The fraction of sp³-hybridized carbons (Fsp3) is 0.579. The van der Waals surface area contributed by atoms with Crippen LogP contribution in [0, 0.1) is 22.7 Å². The molecule has 1 aromatic carbocycles. The number of fused-ring (bicyclic) bond motifs is 1. The molecule has 2 aliphatic carbocycles. The Labute approximate surface area is 147 Å². The molecule has 0 aromatic heterocycles. The van der Waals surface area contributed by atoms with Crippen LogP contribution in [0.3, 0.4) is 0 Å². The molecule has 23 heavy (non-hydrogen) atoms. The van der Waals surface area contributed by atoms with E-state index in [1.54, 1.807) is 0 Å². The maximum atomic E-state index is 7.71. The summed E-state index contributed by atoms with van der Waals surface area (Å²) in [5.41, 5.74) is 9.27. The third-order valence-corrected chi connectivity index (χ3v) is 6.05. The summed E-state index contributed by atoms with van der Waals surface area (Å²) in [6.45, 7) is 6.60. The Morgan fingerprint density at radius 2 is 1.96 bits per heavy atom. The molecule has 0 heterocycles. The van der Waals surface area contributed by atoms with Gasteiger partial charge in [-0.05, 0) is 67.7 Å². The lowest BCUT2D eigenvalue weighted by molar-refractivity contribution is 0.0885. The second-order valence-electron chi connectivity index (χ2n) is 7.77. The summed E-state index contributed by atoms with van der Waals surface area (Å²) in [7, 11) is 0. The first-order valence-electron chi connectivity index (χ1n) is 8.48. The zero-order chi connectivity index (χ0) is 16.8. The first-order chi connectivity index (χ1) is 10.8. The van der Waals surface area contributed by atoms with Crippen molar-refractivity contribution in [2.24, 2.45) is 28.0 Å². The van der Waals surface area contributed by atoms with Gasteiger partial charge in [0.15, 0.2) is 0 Å². The third kappa shape index (κ3) is 3.10. The van der Waals surface area contributed by atoms with Crippen LogP contribution in [0.4, 0.5) is 0 Å². The molecule has 3 rings (SSSR count). The Bertz CT molecular complexity index is 655. The first kappa shape index (κ1) is 16.7. The minimum absolute atomic E-state index is 0.0838. The highest BCUT2D eigenvalue weighted by atomic mass is 79.9. The Kier molecular flexibility index (Phi) is 4.39. The van der Waals surface area contributed by atoms with Gasteiger partial charge in [-0.3, -0.25) is 10.4 Å². The van der Waals surface area contributed by atoms with E-state index in [4.69, 9.17) is 16.1 Å². The molecule has 1 aromatic rings. The number of hydrogen-bond acceptors (Lipinski definition) is 2. The SMILES string of the molecule is CC(=NC1c2cc(Br)ccc2CC12CC(C)CC(C)C2)C(=N)N. The fourth-order valence-corrected chi connectivity index (χ4v) is 5.33. The predicted octanol–water partition coefficient (Wildman–Crippen LogP) is 4.89. The highest BCUT2D eigenvalue weighted by molar-refractivity contribution is 9.10. The Hall–Kier alpha value is -1.16. The highest BCUT2D eigenvalue weighted by Crippen LogP contribution is 2.58. The summed E-state index contributed by atoms with van der Waals surface area (Å²) < 4.78 is 1.10. The lowest BCUT2D eigenvalue weighted by Crippen LogP contribution is -2.35. The molecule has 2 aliphatic rings. The Balaban J connectivity index is 2.09. The molecule has 1 saturated carbocycles. The van der Waals surface area contributed by atoms with Crippen molar-refractivity contribution < 1.29 is 0 Å². The van der Waals surface area contributed by atoms with E-state index in [2.05, 4.69) is 48.0 Å². The van der Waals surface area contributed by atoms with Gasteiger partial charge in [0.2, 0.25) is 0 Å². The van der Waals surface area contributed by atoms with Crippen LogP contribution in [0.5, 0.6) is 0 Å². The quantitative estimate of drug-likeness (QED) is 0.561. The van der Waals surface area contributed by atoms with Crippen LogP contribution < -0.4 is 5.73 Å². The van der Waals surface area contributed by atoms with E-state index >= 15 is 0 Å². The molecule has 1 fully saturated rings. The van der Waals surface area contributed by atoms with Crippen molar-refractivity contribution in [3.63, 3.8) is 0 Å². The number of benzene rings is 1. The van der Waals surface area contributed by atoms with Gasteiger partial charge in [0, 0.05) is 9.89 Å². The van der Waals surface area contributed by atoms with E-state index in [9.17, 15) is 0 Å². The van der Waals surface area contributed by atoms with Crippen molar-refractivity contribution in [2.75, 3.05) is 0 Å². The van der Waals surface area contributed by atoms with E-state index in [-0.39, 0.29) is 17.3 Å². The van der Waals surface area contributed by atoms with Crippen molar-refractivity contribution >= 4 is 27.5 Å². The molecular formula is C19H26BrN3. The van der Waals surface area contributed by atoms with E-state index < -0.39 is 0 Å². The molecule has 1 spiro atoms. The Morgan fingerprint density at radius 1 is 1.30 bits per heavy atom. The van der Waals surface area contributed by atoms with Crippen LogP contribution in [0.1, 0.15) is 57.2 Å². The summed E-state index contributed by atoms with van der Waals surface area (Å²) in [6, 6.07) is 6.72. The lowest BCUT2D eigenvalue weighted by Gasteiger charge is -2.43. The smallest absolute Gasteiger partial charge is 0.136 e. The molecule has 0 saturated heterocycles. The van der Waals surface area contributed by atoms with Gasteiger partial charge in [-0.2, -0.15) is 0 Å². The molecular weight excluding hydrogens is 350 g/mol. The normalized spacial score (nSPS) is 33.7. The average Bonchev–Trinajstić information content (AvgIpc) is 2.70. The molecule has 0 bridgehead atoms. The first-order valence-corrected chi connectivity index (χ1v) is 9.27. The highest BCUT2D eigenvalue weighted by Gasteiger charge is 2.49. The van der Waals surface area contributed by atoms with Crippen LogP contribution in [-0.4, -0.2) is 11.5 Å². The van der Waals surface area contributed by atoms with Gasteiger partial charge in [-0.25, -0.2) is 0 Å². The topological polar surface area (TPSA) is 62.2 Å². The molecule has 0 radical (unpaired) electrons. The lowest BCUT2D eigenvalue weighted by atomic mass is 9.63. The number of amidine groups is 1. The second-order valence-corrected chi connectivity index (χ2v) is 8.68. The van der Waals surface area contributed by atoms with Crippen LogP contribution in [0.2, 0.25) is 0 Å². The standard InChI is InChI=1S/C19H26BrN3/c1-11-6-12(2)9-19(8-11)10-14-4-5-15(20)7-16(14)17(19)23-13(3)18(21)22/h4-5,7,11-12,17H,6,8-10H2,1-3H3,(H3,21,22). The summed E-state index contributed by atoms with van der Waals surface area (Å²) in [5.74, 6) is 1.54. The van der Waals surface area contributed by atoms with Crippen molar-refractivity contribution in [1.29, 1.82) is 5.41 Å². The van der Waals surface area contributed by atoms with Crippen molar-refractivity contribution in [1.82, 2.24) is 0 Å². The number of nitrogens with two attached hydrogens (primary N) is 1. The zero-order valence-corrected chi connectivity index (χ0v) is 15.8. The van der Waals surface area contributed by atoms with Crippen molar-refractivity contribution in [2.45, 2.75) is 52.5 Å². The number of hydrogen-bond donors (Lipinski definition) is 2. The van der Waals surface area contributed by atoms with Crippen LogP contribution in [-0.2, 0) is 6.42 Å². The molecule has 4 heteroatoms. The van der Waals surface area contributed by atoms with E-state index in [0.717, 1.165) is 22.7 Å². The average molecular weight is 376 g/mol.